The number of hydrogen-bond acceptors (Lipinski definition) is 6. The predicted molar refractivity (Wildman–Crippen MR) is 81.6 cm³/mol. The largest absolute Gasteiger partial charge is 0.481 e. The summed E-state index contributed by atoms with van der Waals surface area (Å²) in [6, 6.07) is 9.76. The first kappa shape index (κ1) is 14.5. The zero-order valence-electron chi connectivity index (χ0n) is 12.7. The molecule has 0 amide bonds. The zero-order chi connectivity index (χ0) is 15.5. The molecule has 0 aliphatic heterocycles. The summed E-state index contributed by atoms with van der Waals surface area (Å²) in [6.07, 6.45) is -0.218. The van der Waals surface area contributed by atoms with Crippen LogP contribution in [-0.4, -0.2) is 28.8 Å². The molecule has 2 aromatic heterocycles. The standard InChI is InChI=1S/C16H17N3O3/c1-4-21-10(2)14-18-16(22-19-14)13-9-11-7-5-6-8-12(11)15(17-13)20-3/h5-10H,4H2,1-3H3. The molecule has 3 aromatic rings. The maximum absolute atomic E-state index is 5.46. The lowest BCUT2D eigenvalue weighted by Gasteiger charge is -2.06. The predicted octanol–water partition coefficient (Wildman–Crippen LogP) is 3.39. The van der Waals surface area contributed by atoms with Crippen LogP contribution in [-0.2, 0) is 4.74 Å². The van der Waals surface area contributed by atoms with Crippen LogP contribution in [0.3, 0.4) is 0 Å². The first-order chi connectivity index (χ1) is 10.7. The van der Waals surface area contributed by atoms with Crippen LogP contribution < -0.4 is 4.74 Å². The maximum atomic E-state index is 5.46. The van der Waals surface area contributed by atoms with Crippen LogP contribution in [0.15, 0.2) is 34.9 Å². The second-order valence-corrected chi connectivity index (χ2v) is 4.79. The van der Waals surface area contributed by atoms with E-state index in [-0.39, 0.29) is 6.10 Å². The normalized spacial score (nSPS) is 12.5. The summed E-state index contributed by atoms with van der Waals surface area (Å²) in [6.45, 7) is 4.40. The Morgan fingerprint density at radius 3 is 2.82 bits per heavy atom. The van der Waals surface area contributed by atoms with Crippen molar-refractivity contribution >= 4 is 10.8 Å². The molecular weight excluding hydrogens is 282 g/mol. The Morgan fingerprint density at radius 2 is 2.05 bits per heavy atom. The van der Waals surface area contributed by atoms with Crippen molar-refractivity contribution in [3.63, 3.8) is 0 Å². The molecular formula is C16H17N3O3. The molecule has 1 unspecified atom stereocenters. The van der Waals surface area contributed by atoms with Crippen LogP contribution in [0.25, 0.3) is 22.4 Å². The number of hydrogen-bond donors (Lipinski definition) is 0. The lowest BCUT2D eigenvalue weighted by Crippen LogP contribution is -2.01. The number of methoxy groups -OCH3 is 1. The molecule has 0 saturated carbocycles. The van der Waals surface area contributed by atoms with Crippen LogP contribution in [0.1, 0.15) is 25.8 Å². The summed E-state index contributed by atoms with van der Waals surface area (Å²) < 4.78 is 16.1. The molecule has 1 aromatic carbocycles. The van der Waals surface area contributed by atoms with Gasteiger partial charge in [0.25, 0.3) is 5.89 Å². The third-order valence-corrected chi connectivity index (χ3v) is 3.34. The van der Waals surface area contributed by atoms with E-state index in [1.807, 2.05) is 44.2 Å². The monoisotopic (exact) mass is 299 g/mol. The molecule has 6 nitrogen and oxygen atoms in total. The average Bonchev–Trinajstić information content (AvgIpc) is 3.04. The van der Waals surface area contributed by atoms with Gasteiger partial charge in [0.05, 0.1) is 7.11 Å². The van der Waals surface area contributed by atoms with E-state index in [1.165, 1.54) is 0 Å². The lowest BCUT2D eigenvalue weighted by molar-refractivity contribution is 0.0683. The van der Waals surface area contributed by atoms with Crippen LogP contribution in [0, 0.1) is 0 Å². The van der Waals surface area contributed by atoms with Crippen LogP contribution in [0.5, 0.6) is 5.88 Å². The Labute approximate surface area is 128 Å². The molecule has 114 valence electrons. The minimum Gasteiger partial charge on any atom is -0.481 e. The van der Waals surface area contributed by atoms with Gasteiger partial charge < -0.3 is 14.0 Å². The number of ether oxygens (including phenoxy) is 2. The van der Waals surface area contributed by atoms with Crippen molar-refractivity contribution < 1.29 is 14.0 Å². The van der Waals surface area contributed by atoms with Gasteiger partial charge in [-0.2, -0.15) is 4.98 Å². The lowest BCUT2D eigenvalue weighted by atomic mass is 10.1. The number of aromatic nitrogens is 3. The second kappa shape index (κ2) is 6.11. The molecule has 0 bridgehead atoms. The quantitative estimate of drug-likeness (QED) is 0.719. The van der Waals surface area contributed by atoms with Crippen molar-refractivity contribution in [2.24, 2.45) is 0 Å². The average molecular weight is 299 g/mol. The Balaban J connectivity index is 2.03. The molecule has 0 aliphatic rings. The van der Waals surface area contributed by atoms with Gasteiger partial charge in [-0.25, -0.2) is 4.98 Å². The number of pyridine rings is 1. The molecule has 3 rings (SSSR count). The van der Waals surface area contributed by atoms with Crippen LogP contribution >= 0.6 is 0 Å². The van der Waals surface area contributed by atoms with Crippen LogP contribution in [0.2, 0.25) is 0 Å². The second-order valence-electron chi connectivity index (χ2n) is 4.79. The molecule has 6 heteroatoms. The zero-order valence-corrected chi connectivity index (χ0v) is 12.7. The van der Waals surface area contributed by atoms with E-state index >= 15 is 0 Å². The molecule has 22 heavy (non-hydrogen) atoms. The Bertz CT molecular complexity index is 785. The molecule has 2 heterocycles. The van der Waals surface area contributed by atoms with Crippen molar-refractivity contribution in [3.8, 4) is 17.5 Å². The molecule has 0 N–H and O–H groups in total. The highest BCUT2D eigenvalue weighted by molar-refractivity contribution is 5.89. The summed E-state index contributed by atoms with van der Waals surface area (Å²) in [5.41, 5.74) is 0.581. The maximum Gasteiger partial charge on any atom is 0.276 e. The SMILES string of the molecule is CCOC(C)c1noc(-c2cc3ccccc3c(OC)n2)n1. The number of nitrogens with zero attached hydrogens (tertiary/aromatic N) is 3. The molecule has 0 radical (unpaired) electrons. The number of fused-ring (bicyclic) bond motifs is 1. The van der Waals surface area contributed by atoms with Gasteiger partial charge in [-0.15, -0.1) is 0 Å². The van der Waals surface area contributed by atoms with Gasteiger partial charge in [-0.05, 0) is 31.4 Å². The van der Waals surface area contributed by atoms with E-state index in [4.69, 9.17) is 14.0 Å². The first-order valence-electron chi connectivity index (χ1n) is 7.12. The van der Waals surface area contributed by atoms with E-state index in [1.54, 1.807) is 7.11 Å². The van der Waals surface area contributed by atoms with Gasteiger partial charge in [0.1, 0.15) is 11.8 Å². The highest BCUT2D eigenvalue weighted by atomic mass is 16.5. The smallest absolute Gasteiger partial charge is 0.276 e. The highest BCUT2D eigenvalue weighted by Gasteiger charge is 2.17. The van der Waals surface area contributed by atoms with Crippen LogP contribution in [0.4, 0.5) is 0 Å². The first-order valence-corrected chi connectivity index (χ1v) is 7.12. The van der Waals surface area contributed by atoms with Crippen molar-refractivity contribution in [2.75, 3.05) is 13.7 Å². The van der Waals surface area contributed by atoms with E-state index in [0.29, 0.717) is 29.9 Å². The van der Waals surface area contributed by atoms with E-state index in [0.717, 1.165) is 10.8 Å². The topological polar surface area (TPSA) is 70.3 Å². The van der Waals surface area contributed by atoms with Gasteiger partial charge in [0.2, 0.25) is 11.7 Å². The van der Waals surface area contributed by atoms with E-state index in [2.05, 4.69) is 15.1 Å². The van der Waals surface area contributed by atoms with Crippen molar-refractivity contribution in [1.29, 1.82) is 0 Å². The fourth-order valence-electron chi connectivity index (χ4n) is 2.26. The summed E-state index contributed by atoms with van der Waals surface area (Å²) in [5, 5.41) is 5.90. The van der Waals surface area contributed by atoms with Crippen molar-refractivity contribution in [2.45, 2.75) is 20.0 Å². The molecule has 0 aliphatic carbocycles. The summed E-state index contributed by atoms with van der Waals surface area (Å²) in [4.78, 5) is 8.81. The number of rotatable bonds is 5. The van der Waals surface area contributed by atoms with Gasteiger partial charge in [-0.1, -0.05) is 23.4 Å². The fourth-order valence-corrected chi connectivity index (χ4v) is 2.26. The van der Waals surface area contributed by atoms with Crippen molar-refractivity contribution in [1.82, 2.24) is 15.1 Å². The van der Waals surface area contributed by atoms with Gasteiger partial charge in [0.15, 0.2) is 0 Å². The van der Waals surface area contributed by atoms with Crippen molar-refractivity contribution in [3.05, 3.63) is 36.2 Å². The summed E-state index contributed by atoms with van der Waals surface area (Å²) in [5.74, 6) is 1.39. The third kappa shape index (κ3) is 2.65. The van der Waals surface area contributed by atoms with E-state index in [9.17, 15) is 0 Å². The molecule has 1 atom stereocenters. The van der Waals surface area contributed by atoms with Gasteiger partial charge in [-0.3, -0.25) is 0 Å². The minimum atomic E-state index is -0.218. The summed E-state index contributed by atoms with van der Waals surface area (Å²) >= 11 is 0. The molecule has 0 fully saturated rings. The fraction of sp³-hybridized carbons (Fsp3) is 0.312. The Hall–Kier alpha value is -2.47. The molecule has 0 spiro atoms. The third-order valence-electron chi connectivity index (χ3n) is 3.34. The minimum absolute atomic E-state index is 0.218. The Kier molecular flexibility index (Phi) is 4.02. The van der Waals surface area contributed by atoms with Gasteiger partial charge >= 0.3 is 0 Å². The summed E-state index contributed by atoms with van der Waals surface area (Å²) in [7, 11) is 1.59. The Morgan fingerprint density at radius 1 is 1.23 bits per heavy atom. The highest BCUT2D eigenvalue weighted by Crippen LogP contribution is 2.28. The van der Waals surface area contributed by atoms with E-state index < -0.39 is 0 Å². The van der Waals surface area contributed by atoms with Gasteiger partial charge in [0, 0.05) is 12.0 Å². The molecule has 0 saturated heterocycles. The number of benzene rings is 1.